The normalized spacial score (nSPS) is 29.3. The van der Waals surface area contributed by atoms with E-state index in [1.165, 1.54) is 0 Å². The van der Waals surface area contributed by atoms with Gasteiger partial charge in [-0.15, -0.1) is 0 Å². The van der Waals surface area contributed by atoms with Gasteiger partial charge in [0, 0.05) is 27.7 Å². The summed E-state index contributed by atoms with van der Waals surface area (Å²) in [5.41, 5.74) is 0. The van der Waals surface area contributed by atoms with Gasteiger partial charge in [-0.25, -0.2) is 0 Å². The highest BCUT2D eigenvalue weighted by atomic mass is 16.7. The molecule has 1 saturated heterocycles. The Morgan fingerprint density at radius 3 is 1.79 bits per heavy atom. The summed E-state index contributed by atoms with van der Waals surface area (Å²) in [5.74, 6) is -2.89. The lowest BCUT2D eigenvalue weighted by Gasteiger charge is -2.42. The Bertz CT molecular complexity index is 502. The number of hydrogen-bond acceptors (Lipinski definition) is 10. The van der Waals surface area contributed by atoms with Gasteiger partial charge in [0.05, 0.1) is 0 Å². The first kappa shape index (κ1) is 19.8. The first-order valence-electron chi connectivity index (χ1n) is 7.10. The molecule has 5 atom stereocenters. The van der Waals surface area contributed by atoms with Crippen LogP contribution in [0.25, 0.3) is 0 Å². The van der Waals surface area contributed by atoms with E-state index in [0.29, 0.717) is 0 Å². The van der Waals surface area contributed by atoms with Gasteiger partial charge >= 0.3 is 23.9 Å². The van der Waals surface area contributed by atoms with E-state index >= 15 is 0 Å². The Morgan fingerprint density at radius 2 is 1.33 bits per heavy atom. The minimum absolute atomic E-state index is 0.376. The van der Waals surface area contributed by atoms with E-state index in [4.69, 9.17) is 23.7 Å². The van der Waals surface area contributed by atoms with Crippen molar-refractivity contribution in [3.05, 3.63) is 0 Å². The molecule has 1 aliphatic heterocycles. The predicted octanol–water partition coefficient (Wildman–Crippen LogP) is -0.938. The average molecular weight is 348 g/mol. The summed E-state index contributed by atoms with van der Waals surface area (Å²) in [4.78, 5) is 44.7. The summed E-state index contributed by atoms with van der Waals surface area (Å²) in [6, 6.07) is 0. The minimum Gasteiger partial charge on any atom is -0.463 e. The molecule has 0 aromatic rings. The third-order valence-corrected chi connectivity index (χ3v) is 2.96. The lowest BCUT2D eigenvalue weighted by Crippen LogP contribution is -2.62. The van der Waals surface area contributed by atoms with Gasteiger partial charge in [0.25, 0.3) is 0 Å². The highest BCUT2D eigenvalue weighted by Crippen LogP contribution is 2.27. The first-order chi connectivity index (χ1) is 11.1. The van der Waals surface area contributed by atoms with Crippen molar-refractivity contribution in [2.45, 2.75) is 58.4 Å². The van der Waals surface area contributed by atoms with Crippen molar-refractivity contribution in [2.24, 2.45) is 0 Å². The van der Waals surface area contributed by atoms with E-state index in [1.807, 2.05) is 0 Å². The van der Waals surface area contributed by atoms with Crippen molar-refractivity contribution >= 4 is 23.9 Å². The first-order valence-corrected chi connectivity index (χ1v) is 7.10. The minimum atomic E-state index is -1.48. The van der Waals surface area contributed by atoms with Gasteiger partial charge in [0.15, 0.2) is 6.10 Å². The molecule has 1 rings (SSSR count). The lowest BCUT2D eigenvalue weighted by atomic mass is 9.98. The molecular formula is C14H20O10. The van der Waals surface area contributed by atoms with E-state index in [2.05, 4.69) is 0 Å². The maximum atomic E-state index is 11.3. The highest BCUT2D eigenvalue weighted by Gasteiger charge is 2.51. The van der Waals surface area contributed by atoms with E-state index in [0.717, 1.165) is 27.7 Å². The number of ether oxygens (including phenoxy) is 5. The van der Waals surface area contributed by atoms with Gasteiger partial charge < -0.3 is 28.8 Å². The van der Waals surface area contributed by atoms with E-state index in [1.54, 1.807) is 0 Å². The molecule has 0 amide bonds. The molecule has 10 heteroatoms. The van der Waals surface area contributed by atoms with Crippen molar-refractivity contribution in [3.63, 3.8) is 0 Å². The summed E-state index contributed by atoms with van der Waals surface area (Å²) >= 11 is 0. The van der Waals surface area contributed by atoms with Gasteiger partial charge in [-0.2, -0.15) is 0 Å². The van der Waals surface area contributed by atoms with Crippen LogP contribution >= 0.6 is 0 Å². The number of carbonyl (C=O) groups excluding carboxylic acids is 4. The van der Waals surface area contributed by atoms with Crippen molar-refractivity contribution in [2.75, 3.05) is 6.61 Å². The van der Waals surface area contributed by atoms with Crippen molar-refractivity contribution in [3.8, 4) is 0 Å². The van der Waals surface area contributed by atoms with E-state index in [-0.39, 0.29) is 6.61 Å². The van der Waals surface area contributed by atoms with Gasteiger partial charge in [-0.3, -0.25) is 19.2 Å². The quantitative estimate of drug-likeness (QED) is 0.490. The highest BCUT2D eigenvalue weighted by molar-refractivity contribution is 5.68. The van der Waals surface area contributed by atoms with Crippen LogP contribution in [0.4, 0.5) is 0 Å². The number of hydrogen-bond donors (Lipinski definition) is 1. The molecule has 1 N–H and O–H groups in total. The molecular weight excluding hydrogens is 328 g/mol. The summed E-state index contributed by atoms with van der Waals surface area (Å²) in [7, 11) is 0. The standard InChI is InChI=1S/C14H20O10/c1-6(15)20-5-10-11(19)12(21-7(2)16)13(22-8(3)17)14(24-10)23-9(4)18/h10-14,19H,5H2,1-4H3/t10?,11-,12?,13?,14-/m1/s1. The monoisotopic (exact) mass is 348 g/mol. The van der Waals surface area contributed by atoms with Crippen LogP contribution in [0.2, 0.25) is 0 Å². The van der Waals surface area contributed by atoms with Crippen LogP contribution in [-0.4, -0.2) is 66.3 Å². The van der Waals surface area contributed by atoms with Crippen LogP contribution in [0.1, 0.15) is 27.7 Å². The molecule has 0 aromatic carbocycles. The SMILES string of the molecule is CC(=O)OCC1O[C@@H](OC(C)=O)C(OC(C)=O)C(OC(C)=O)[C@@H]1O. The molecule has 1 fully saturated rings. The molecule has 0 saturated carbocycles. The second-order valence-electron chi connectivity index (χ2n) is 5.09. The summed E-state index contributed by atoms with van der Waals surface area (Å²) in [6.07, 6.45) is -6.83. The van der Waals surface area contributed by atoms with Gasteiger partial charge in [0.2, 0.25) is 12.4 Å². The van der Waals surface area contributed by atoms with Gasteiger partial charge in [-0.05, 0) is 0 Å². The Labute approximate surface area is 137 Å². The molecule has 0 radical (unpaired) electrons. The predicted molar refractivity (Wildman–Crippen MR) is 74.2 cm³/mol. The Hall–Kier alpha value is -2.20. The fraction of sp³-hybridized carbons (Fsp3) is 0.714. The van der Waals surface area contributed by atoms with Crippen LogP contribution in [0.3, 0.4) is 0 Å². The summed E-state index contributed by atoms with van der Waals surface area (Å²) in [5, 5.41) is 10.3. The van der Waals surface area contributed by atoms with Gasteiger partial charge in [-0.1, -0.05) is 0 Å². The molecule has 3 unspecified atom stereocenters. The second-order valence-corrected chi connectivity index (χ2v) is 5.09. The summed E-state index contributed by atoms with van der Waals surface area (Å²) in [6.45, 7) is 4.06. The van der Waals surface area contributed by atoms with Crippen LogP contribution in [0.5, 0.6) is 0 Å². The zero-order chi connectivity index (χ0) is 18.4. The number of aliphatic hydroxyl groups excluding tert-OH is 1. The van der Waals surface area contributed by atoms with E-state index in [9.17, 15) is 24.3 Å². The zero-order valence-corrected chi connectivity index (χ0v) is 13.7. The Balaban J connectivity index is 3.07. The molecule has 0 aromatic heterocycles. The average Bonchev–Trinajstić information content (AvgIpc) is 2.42. The van der Waals surface area contributed by atoms with Crippen molar-refractivity contribution in [1.29, 1.82) is 0 Å². The topological polar surface area (TPSA) is 135 Å². The molecule has 1 heterocycles. The maximum Gasteiger partial charge on any atom is 0.305 e. The van der Waals surface area contributed by atoms with Crippen LogP contribution < -0.4 is 0 Å². The number of aliphatic hydroxyl groups is 1. The Kier molecular flexibility index (Phi) is 7.11. The largest absolute Gasteiger partial charge is 0.463 e. The molecule has 136 valence electrons. The fourth-order valence-electron chi connectivity index (χ4n) is 2.13. The lowest BCUT2D eigenvalue weighted by molar-refractivity contribution is -0.298. The van der Waals surface area contributed by atoms with Crippen LogP contribution in [0, 0.1) is 0 Å². The third-order valence-electron chi connectivity index (χ3n) is 2.96. The van der Waals surface area contributed by atoms with Crippen molar-refractivity contribution < 1.29 is 48.0 Å². The second kappa shape index (κ2) is 8.60. The van der Waals surface area contributed by atoms with E-state index < -0.39 is 54.6 Å². The van der Waals surface area contributed by atoms with Crippen molar-refractivity contribution in [1.82, 2.24) is 0 Å². The van der Waals surface area contributed by atoms with Crippen LogP contribution in [0.15, 0.2) is 0 Å². The Morgan fingerprint density at radius 1 is 0.833 bits per heavy atom. The van der Waals surface area contributed by atoms with Crippen LogP contribution in [-0.2, 0) is 42.9 Å². The molecule has 0 aliphatic carbocycles. The number of esters is 4. The zero-order valence-electron chi connectivity index (χ0n) is 13.7. The molecule has 0 bridgehead atoms. The smallest absolute Gasteiger partial charge is 0.305 e. The molecule has 10 nitrogen and oxygen atoms in total. The fourth-order valence-corrected chi connectivity index (χ4v) is 2.13. The summed E-state index contributed by atoms with van der Waals surface area (Å²) < 4.78 is 25.0. The molecule has 1 aliphatic rings. The molecule has 24 heavy (non-hydrogen) atoms. The molecule has 0 spiro atoms. The third kappa shape index (κ3) is 5.78. The number of rotatable bonds is 5. The van der Waals surface area contributed by atoms with Gasteiger partial charge in [0.1, 0.15) is 18.8 Å². The maximum absolute atomic E-state index is 11.3. The number of carbonyl (C=O) groups is 4.